The van der Waals surface area contributed by atoms with Gasteiger partial charge in [-0.15, -0.1) is 0 Å². The van der Waals surface area contributed by atoms with Gasteiger partial charge in [-0.1, -0.05) is 0 Å². The van der Waals surface area contributed by atoms with E-state index in [1.165, 1.54) is 13.2 Å². The molecule has 106 valence electrons. The van der Waals surface area contributed by atoms with E-state index in [-0.39, 0.29) is 17.1 Å². The van der Waals surface area contributed by atoms with Crippen molar-refractivity contribution in [3.05, 3.63) is 28.3 Å². The maximum absolute atomic E-state index is 10.9. The summed E-state index contributed by atoms with van der Waals surface area (Å²) in [6.07, 6.45) is -0.782. The molecule has 0 fully saturated rings. The number of carbonyl (C=O) groups is 2. The fourth-order valence-corrected chi connectivity index (χ4v) is 1.32. The third-order valence-corrected chi connectivity index (χ3v) is 2.20. The molecule has 0 atom stereocenters. The number of benzene rings is 1. The molecule has 1 rings (SSSR count). The molecular weight excluding hydrogens is 272 g/mol. The monoisotopic (exact) mass is 282 g/mol. The zero-order chi connectivity index (χ0) is 15.3. The van der Waals surface area contributed by atoms with Crippen LogP contribution in [-0.2, 0) is 9.59 Å². The molecule has 0 bridgehead atoms. The first kappa shape index (κ1) is 15.1. The summed E-state index contributed by atoms with van der Waals surface area (Å²) in [4.78, 5) is 35.0. The van der Waals surface area contributed by atoms with Gasteiger partial charge in [0.25, 0.3) is 5.69 Å². The van der Waals surface area contributed by atoms with Gasteiger partial charge in [0, 0.05) is 6.07 Å². The minimum absolute atomic E-state index is 0.00301. The second kappa shape index (κ2) is 6.27. The second-order valence-corrected chi connectivity index (χ2v) is 3.55. The molecule has 0 aromatic heterocycles. The number of carboxylic acid groups (broad SMARTS) is 2. The molecule has 0 aliphatic carbocycles. The smallest absolute Gasteiger partial charge is 0.350 e. The summed E-state index contributed by atoms with van der Waals surface area (Å²) in [6, 6.07) is 3.36. The zero-order valence-corrected chi connectivity index (χ0v) is 10.3. The van der Waals surface area contributed by atoms with Crippen molar-refractivity contribution in [3.63, 3.8) is 0 Å². The maximum atomic E-state index is 10.9. The predicted octanol–water partition coefficient (Wildman–Crippen LogP) is 1.24. The third-order valence-electron chi connectivity index (χ3n) is 2.20. The minimum Gasteiger partial charge on any atom is -0.494 e. The summed E-state index contributed by atoms with van der Waals surface area (Å²) in [5.74, 6) is -2.87. The van der Waals surface area contributed by atoms with Crippen molar-refractivity contribution >= 4 is 29.0 Å². The SMILES string of the molecule is COc1cc([N+](=O)[O-])ccc1N=C(CC(=O)O)C(=O)O. The standard InChI is InChI=1S/C11H10N2O7/c1-20-9-4-6(13(18)19)2-3-7(9)12-8(11(16)17)5-10(14)15/h2-4H,5H2,1H3,(H,14,15)(H,16,17). The Kier molecular flexibility index (Phi) is 4.73. The summed E-state index contributed by atoms with van der Waals surface area (Å²) < 4.78 is 4.87. The number of ether oxygens (including phenoxy) is 1. The molecular formula is C11H10N2O7. The van der Waals surface area contributed by atoms with Crippen LogP contribution in [0.4, 0.5) is 11.4 Å². The van der Waals surface area contributed by atoms with Crippen molar-refractivity contribution in [2.24, 2.45) is 4.99 Å². The summed E-state index contributed by atoms with van der Waals surface area (Å²) in [6.45, 7) is 0. The molecule has 0 radical (unpaired) electrons. The maximum Gasteiger partial charge on any atom is 0.350 e. The molecule has 1 aromatic carbocycles. The van der Waals surface area contributed by atoms with E-state index in [0.29, 0.717) is 0 Å². The van der Waals surface area contributed by atoms with Crippen LogP contribution in [0.5, 0.6) is 5.75 Å². The molecule has 9 heteroatoms. The van der Waals surface area contributed by atoms with Crippen LogP contribution in [0.15, 0.2) is 23.2 Å². The summed E-state index contributed by atoms with van der Waals surface area (Å²) >= 11 is 0. The first-order valence-electron chi connectivity index (χ1n) is 5.20. The van der Waals surface area contributed by atoms with Crippen LogP contribution in [0.3, 0.4) is 0 Å². The van der Waals surface area contributed by atoms with E-state index in [2.05, 4.69) is 4.99 Å². The summed E-state index contributed by atoms with van der Waals surface area (Å²) in [7, 11) is 1.23. The molecule has 1 aromatic rings. The Morgan fingerprint density at radius 1 is 1.40 bits per heavy atom. The summed E-state index contributed by atoms with van der Waals surface area (Å²) in [5, 5.41) is 28.0. The molecule has 0 spiro atoms. The van der Waals surface area contributed by atoms with E-state index in [9.17, 15) is 19.7 Å². The van der Waals surface area contributed by atoms with Crippen molar-refractivity contribution in [2.45, 2.75) is 6.42 Å². The molecule has 9 nitrogen and oxygen atoms in total. The highest BCUT2D eigenvalue weighted by Gasteiger charge is 2.17. The van der Waals surface area contributed by atoms with Gasteiger partial charge >= 0.3 is 11.9 Å². The largest absolute Gasteiger partial charge is 0.494 e. The van der Waals surface area contributed by atoms with E-state index in [1.807, 2.05) is 0 Å². The molecule has 2 N–H and O–H groups in total. The molecule has 0 saturated heterocycles. The number of aliphatic carboxylic acids is 2. The van der Waals surface area contributed by atoms with Crippen LogP contribution < -0.4 is 4.74 Å². The Hall–Kier alpha value is -2.97. The lowest BCUT2D eigenvalue weighted by atomic mass is 10.2. The number of hydrogen-bond acceptors (Lipinski definition) is 6. The molecule has 0 aliphatic rings. The van der Waals surface area contributed by atoms with Crippen molar-refractivity contribution in [3.8, 4) is 5.75 Å². The van der Waals surface area contributed by atoms with Crippen LogP contribution >= 0.6 is 0 Å². The predicted molar refractivity (Wildman–Crippen MR) is 66.6 cm³/mol. The number of aliphatic imine (C=N–C) groups is 1. The van der Waals surface area contributed by atoms with Gasteiger partial charge in [0.2, 0.25) is 0 Å². The van der Waals surface area contributed by atoms with Gasteiger partial charge in [-0.05, 0) is 6.07 Å². The van der Waals surface area contributed by atoms with E-state index in [0.717, 1.165) is 12.1 Å². The number of nitro groups is 1. The lowest BCUT2D eigenvalue weighted by Gasteiger charge is -2.05. The Morgan fingerprint density at radius 2 is 2.05 bits per heavy atom. The first-order chi connectivity index (χ1) is 9.35. The highest BCUT2D eigenvalue weighted by atomic mass is 16.6. The summed E-state index contributed by atoms with van der Waals surface area (Å²) in [5.41, 5.74) is -0.864. The van der Waals surface area contributed by atoms with Gasteiger partial charge in [0.05, 0.1) is 24.5 Å². The van der Waals surface area contributed by atoms with Gasteiger partial charge in [-0.3, -0.25) is 14.9 Å². The number of nitro benzene ring substituents is 1. The molecule has 0 heterocycles. The van der Waals surface area contributed by atoms with E-state index >= 15 is 0 Å². The van der Waals surface area contributed by atoms with E-state index in [4.69, 9.17) is 14.9 Å². The minimum atomic E-state index is -1.49. The Morgan fingerprint density at radius 3 is 2.50 bits per heavy atom. The van der Waals surface area contributed by atoms with Gasteiger partial charge in [0.1, 0.15) is 11.4 Å². The van der Waals surface area contributed by atoms with Gasteiger partial charge in [0.15, 0.2) is 5.75 Å². The topological polar surface area (TPSA) is 139 Å². The van der Waals surface area contributed by atoms with Crippen LogP contribution in [-0.4, -0.2) is 39.9 Å². The van der Waals surface area contributed by atoms with Crippen LogP contribution in [0.25, 0.3) is 0 Å². The number of methoxy groups -OCH3 is 1. The molecule has 0 amide bonds. The van der Waals surface area contributed by atoms with Gasteiger partial charge in [-0.2, -0.15) is 0 Å². The lowest BCUT2D eigenvalue weighted by Crippen LogP contribution is -2.17. The van der Waals surface area contributed by atoms with Crippen molar-refractivity contribution in [1.82, 2.24) is 0 Å². The Bertz CT molecular complexity index is 594. The number of nitrogens with zero attached hydrogens (tertiary/aromatic N) is 2. The van der Waals surface area contributed by atoms with Gasteiger partial charge in [-0.25, -0.2) is 9.79 Å². The number of hydrogen-bond donors (Lipinski definition) is 2. The number of rotatable bonds is 6. The highest BCUT2D eigenvalue weighted by molar-refractivity contribution is 6.39. The van der Waals surface area contributed by atoms with Crippen LogP contribution in [0, 0.1) is 10.1 Å². The van der Waals surface area contributed by atoms with E-state index < -0.39 is 29.0 Å². The number of non-ortho nitro benzene ring substituents is 1. The highest BCUT2D eigenvalue weighted by Crippen LogP contribution is 2.31. The van der Waals surface area contributed by atoms with Crippen molar-refractivity contribution in [2.75, 3.05) is 7.11 Å². The average Bonchev–Trinajstić information content (AvgIpc) is 2.37. The van der Waals surface area contributed by atoms with Gasteiger partial charge < -0.3 is 14.9 Å². The second-order valence-electron chi connectivity index (χ2n) is 3.55. The molecule has 0 aliphatic heterocycles. The quantitative estimate of drug-likeness (QED) is 0.454. The van der Waals surface area contributed by atoms with Crippen molar-refractivity contribution < 1.29 is 29.5 Å². The molecule has 0 saturated carbocycles. The van der Waals surface area contributed by atoms with E-state index in [1.54, 1.807) is 0 Å². The molecule has 20 heavy (non-hydrogen) atoms. The normalized spacial score (nSPS) is 10.9. The van der Waals surface area contributed by atoms with Crippen LogP contribution in [0.2, 0.25) is 0 Å². The fourth-order valence-electron chi connectivity index (χ4n) is 1.32. The lowest BCUT2D eigenvalue weighted by molar-refractivity contribution is -0.384. The zero-order valence-electron chi connectivity index (χ0n) is 10.3. The number of carboxylic acids is 2. The Balaban J connectivity index is 3.26. The molecule has 0 unspecified atom stereocenters. The third kappa shape index (κ3) is 3.77. The van der Waals surface area contributed by atoms with Crippen molar-refractivity contribution in [1.29, 1.82) is 0 Å². The Labute approximate surface area is 112 Å². The average molecular weight is 282 g/mol. The fraction of sp³-hybridized carbons (Fsp3) is 0.182. The van der Waals surface area contributed by atoms with Crippen LogP contribution in [0.1, 0.15) is 6.42 Å². The first-order valence-corrected chi connectivity index (χ1v) is 5.20.